The first-order valence-electron chi connectivity index (χ1n) is 5.50. The molecule has 2 N–H and O–H groups in total. The first kappa shape index (κ1) is 14.0. The van der Waals surface area contributed by atoms with Gasteiger partial charge in [-0.25, -0.2) is 4.39 Å². The molecule has 1 unspecified atom stereocenters. The molecule has 0 aromatic heterocycles. The Morgan fingerprint density at radius 3 is 2.59 bits per heavy atom. The molecule has 0 saturated heterocycles. The second-order valence-corrected chi connectivity index (χ2v) is 5.44. The topological polar surface area (TPSA) is 26.0 Å². The molecule has 0 heterocycles. The van der Waals surface area contributed by atoms with Crippen LogP contribution in [0.1, 0.15) is 38.8 Å². The van der Waals surface area contributed by atoms with E-state index in [1.807, 2.05) is 20.8 Å². The molecule has 3 heteroatoms. The summed E-state index contributed by atoms with van der Waals surface area (Å²) >= 11 is 5.93. The summed E-state index contributed by atoms with van der Waals surface area (Å²) in [4.78, 5) is 0. The molecule has 1 rings (SSSR count). The Morgan fingerprint density at radius 1 is 1.41 bits per heavy atom. The Hall–Kier alpha value is -1.04. The molecule has 92 valence electrons. The second-order valence-electron chi connectivity index (χ2n) is 5.03. The van der Waals surface area contributed by atoms with E-state index < -0.39 is 0 Å². The fraction of sp³-hybridized carbons (Fsp3) is 0.429. The lowest BCUT2D eigenvalue weighted by Gasteiger charge is -2.11. The van der Waals surface area contributed by atoms with Crippen LogP contribution in [-0.4, -0.2) is 0 Å². The Bertz CT molecular complexity index is 452. The third-order valence-corrected chi connectivity index (χ3v) is 2.47. The quantitative estimate of drug-likeness (QED) is 0.795. The van der Waals surface area contributed by atoms with Gasteiger partial charge in [0.2, 0.25) is 0 Å². The smallest absolute Gasteiger partial charge is 0.124 e. The van der Waals surface area contributed by atoms with Crippen LogP contribution in [0.2, 0.25) is 5.02 Å². The van der Waals surface area contributed by atoms with Crippen molar-refractivity contribution in [1.29, 1.82) is 0 Å². The summed E-state index contributed by atoms with van der Waals surface area (Å²) in [5.41, 5.74) is 6.66. The van der Waals surface area contributed by atoms with Gasteiger partial charge < -0.3 is 5.73 Å². The van der Waals surface area contributed by atoms with Gasteiger partial charge in [-0.1, -0.05) is 23.6 Å². The van der Waals surface area contributed by atoms with Crippen LogP contribution < -0.4 is 5.73 Å². The maximum Gasteiger partial charge on any atom is 0.124 e. The lowest BCUT2D eigenvalue weighted by molar-refractivity contribution is 0.569. The highest BCUT2D eigenvalue weighted by atomic mass is 35.5. The molecule has 1 aromatic carbocycles. The van der Waals surface area contributed by atoms with Crippen LogP contribution >= 0.6 is 11.6 Å². The SMILES string of the molecule is CC(C)(C)C#CCC(N)c1ccc(F)cc1Cl. The maximum absolute atomic E-state index is 12.9. The van der Waals surface area contributed by atoms with Gasteiger partial charge in [-0.2, -0.15) is 0 Å². The first-order valence-corrected chi connectivity index (χ1v) is 5.88. The van der Waals surface area contributed by atoms with Gasteiger partial charge in [0.05, 0.1) is 0 Å². The molecule has 1 nitrogen and oxygen atoms in total. The third kappa shape index (κ3) is 4.77. The van der Waals surface area contributed by atoms with Gasteiger partial charge in [-0.15, -0.1) is 5.92 Å². The van der Waals surface area contributed by atoms with Crippen LogP contribution in [0.5, 0.6) is 0 Å². The molecule has 0 saturated carbocycles. The van der Waals surface area contributed by atoms with E-state index in [1.165, 1.54) is 12.1 Å². The third-order valence-electron chi connectivity index (χ3n) is 2.15. The molecule has 0 radical (unpaired) electrons. The molecule has 17 heavy (non-hydrogen) atoms. The van der Waals surface area contributed by atoms with Gasteiger partial charge in [0.1, 0.15) is 5.82 Å². The molecule has 0 bridgehead atoms. The van der Waals surface area contributed by atoms with E-state index >= 15 is 0 Å². The standard InChI is InChI=1S/C14H17ClFN/c1-14(2,3)8-4-5-13(17)11-7-6-10(16)9-12(11)15/h6-7,9,13H,5,17H2,1-3H3. The van der Waals surface area contributed by atoms with Crippen molar-refractivity contribution >= 4 is 11.6 Å². The summed E-state index contributed by atoms with van der Waals surface area (Å²) < 4.78 is 12.9. The molecular weight excluding hydrogens is 237 g/mol. The lowest BCUT2D eigenvalue weighted by Crippen LogP contribution is -2.10. The molecular formula is C14H17ClFN. The summed E-state index contributed by atoms with van der Waals surface area (Å²) in [6.45, 7) is 6.11. The summed E-state index contributed by atoms with van der Waals surface area (Å²) in [5, 5.41) is 0.357. The highest BCUT2D eigenvalue weighted by Crippen LogP contribution is 2.24. The van der Waals surface area contributed by atoms with Crippen LogP contribution in [0.25, 0.3) is 0 Å². The lowest BCUT2D eigenvalue weighted by atomic mass is 9.97. The molecule has 0 amide bonds. The first-order chi connectivity index (χ1) is 7.79. The highest BCUT2D eigenvalue weighted by Gasteiger charge is 2.10. The van der Waals surface area contributed by atoms with Crippen molar-refractivity contribution in [2.45, 2.75) is 33.2 Å². The summed E-state index contributed by atoms with van der Waals surface area (Å²) in [6.07, 6.45) is 0.516. The zero-order valence-electron chi connectivity index (χ0n) is 10.3. The summed E-state index contributed by atoms with van der Waals surface area (Å²) in [6, 6.07) is 3.96. The molecule has 0 spiro atoms. The number of halogens is 2. The van der Waals surface area contributed by atoms with Crippen LogP contribution in [0.15, 0.2) is 18.2 Å². The van der Waals surface area contributed by atoms with Crippen LogP contribution in [0.3, 0.4) is 0 Å². The average Bonchev–Trinajstić information content (AvgIpc) is 2.15. The van der Waals surface area contributed by atoms with Gasteiger partial charge in [-0.05, 0) is 38.5 Å². The van der Waals surface area contributed by atoms with Crippen molar-refractivity contribution in [3.63, 3.8) is 0 Å². The predicted octanol–water partition coefficient (Wildman–Crippen LogP) is 3.92. The monoisotopic (exact) mass is 253 g/mol. The van der Waals surface area contributed by atoms with Crippen molar-refractivity contribution < 1.29 is 4.39 Å². The number of benzene rings is 1. The maximum atomic E-state index is 12.9. The molecule has 1 atom stereocenters. The predicted molar refractivity (Wildman–Crippen MR) is 70.2 cm³/mol. The van der Waals surface area contributed by atoms with Crippen molar-refractivity contribution in [2.24, 2.45) is 11.1 Å². The van der Waals surface area contributed by atoms with E-state index in [0.717, 1.165) is 5.56 Å². The molecule has 0 fully saturated rings. The largest absolute Gasteiger partial charge is 0.323 e. The normalized spacial score (nSPS) is 12.8. The van der Waals surface area contributed by atoms with E-state index in [9.17, 15) is 4.39 Å². The zero-order valence-corrected chi connectivity index (χ0v) is 11.1. The summed E-state index contributed by atoms with van der Waals surface area (Å²) in [7, 11) is 0. The summed E-state index contributed by atoms with van der Waals surface area (Å²) in [5.74, 6) is 5.79. The van der Waals surface area contributed by atoms with Gasteiger partial charge >= 0.3 is 0 Å². The fourth-order valence-electron chi connectivity index (χ4n) is 1.34. The molecule has 1 aromatic rings. The minimum absolute atomic E-state index is 0.0354. The van der Waals surface area contributed by atoms with Gasteiger partial charge in [0.25, 0.3) is 0 Å². The molecule has 0 aliphatic heterocycles. The van der Waals surface area contributed by atoms with Crippen molar-refractivity contribution in [3.8, 4) is 11.8 Å². The van der Waals surface area contributed by atoms with Crippen LogP contribution in [0.4, 0.5) is 4.39 Å². The van der Waals surface area contributed by atoms with Gasteiger partial charge in [0, 0.05) is 22.9 Å². The van der Waals surface area contributed by atoms with Gasteiger partial charge in [-0.3, -0.25) is 0 Å². The minimum atomic E-state index is -0.355. The molecule has 0 aliphatic carbocycles. The van der Waals surface area contributed by atoms with Gasteiger partial charge in [0.15, 0.2) is 0 Å². The fourth-order valence-corrected chi connectivity index (χ4v) is 1.65. The minimum Gasteiger partial charge on any atom is -0.323 e. The van der Waals surface area contributed by atoms with Crippen LogP contribution in [-0.2, 0) is 0 Å². The van der Waals surface area contributed by atoms with E-state index in [0.29, 0.717) is 11.4 Å². The second kappa shape index (κ2) is 5.53. The highest BCUT2D eigenvalue weighted by molar-refractivity contribution is 6.31. The van der Waals surface area contributed by atoms with E-state index in [2.05, 4.69) is 11.8 Å². The number of rotatable bonds is 2. The van der Waals surface area contributed by atoms with Crippen LogP contribution in [0, 0.1) is 23.1 Å². The van der Waals surface area contributed by atoms with Crippen molar-refractivity contribution in [1.82, 2.24) is 0 Å². The van der Waals surface area contributed by atoms with Crippen molar-refractivity contribution in [3.05, 3.63) is 34.6 Å². The van der Waals surface area contributed by atoms with E-state index in [1.54, 1.807) is 6.07 Å². The Balaban J connectivity index is 2.76. The zero-order chi connectivity index (χ0) is 13.1. The number of nitrogens with two attached hydrogens (primary N) is 1. The Labute approximate surface area is 107 Å². The Morgan fingerprint density at radius 2 is 2.06 bits per heavy atom. The molecule has 0 aliphatic rings. The Kier molecular flexibility index (Phi) is 4.56. The average molecular weight is 254 g/mol. The van der Waals surface area contributed by atoms with Crippen molar-refractivity contribution in [2.75, 3.05) is 0 Å². The number of hydrogen-bond donors (Lipinski definition) is 1. The van der Waals surface area contributed by atoms with E-state index in [4.69, 9.17) is 17.3 Å². The number of hydrogen-bond acceptors (Lipinski definition) is 1. The van der Waals surface area contributed by atoms with E-state index in [-0.39, 0.29) is 17.3 Å².